The normalized spacial score (nSPS) is 14.8. The van der Waals surface area contributed by atoms with Crippen LogP contribution in [0.15, 0.2) is 29.2 Å². The Balaban J connectivity index is 2.06. The standard InChI is InChI=1S/C17H18N4O/c1-11-15-12-7-3-2-4-8-13(12)17(22)19-16(15)21(20-11)14-9-5-6-10-18-14/h5-6,9-10H,2-4,7-8H2,1H3,(H,19,22). The molecule has 5 nitrogen and oxygen atoms in total. The lowest BCUT2D eigenvalue weighted by Gasteiger charge is -2.08. The molecule has 112 valence electrons. The number of aryl methyl sites for hydroxylation is 2. The first-order chi connectivity index (χ1) is 10.8. The van der Waals surface area contributed by atoms with Gasteiger partial charge in [-0.1, -0.05) is 12.5 Å². The zero-order valence-corrected chi connectivity index (χ0v) is 12.6. The van der Waals surface area contributed by atoms with Gasteiger partial charge in [-0.2, -0.15) is 9.78 Å². The van der Waals surface area contributed by atoms with E-state index in [9.17, 15) is 4.79 Å². The molecule has 3 aromatic rings. The maximum Gasteiger partial charge on any atom is 0.253 e. The third kappa shape index (κ3) is 1.96. The largest absolute Gasteiger partial charge is 0.306 e. The van der Waals surface area contributed by atoms with Crippen LogP contribution in [-0.2, 0) is 12.8 Å². The average molecular weight is 294 g/mol. The van der Waals surface area contributed by atoms with E-state index < -0.39 is 0 Å². The molecule has 0 fully saturated rings. The third-order valence-electron chi connectivity index (χ3n) is 4.45. The molecule has 5 heteroatoms. The molecular weight excluding hydrogens is 276 g/mol. The molecule has 0 saturated carbocycles. The first kappa shape index (κ1) is 13.2. The van der Waals surface area contributed by atoms with Crippen LogP contribution in [0, 0.1) is 6.92 Å². The van der Waals surface area contributed by atoms with Crippen LogP contribution in [0.4, 0.5) is 0 Å². The molecule has 1 aliphatic rings. The highest BCUT2D eigenvalue weighted by atomic mass is 16.1. The van der Waals surface area contributed by atoms with E-state index in [4.69, 9.17) is 0 Å². The van der Waals surface area contributed by atoms with Gasteiger partial charge in [0.2, 0.25) is 0 Å². The molecule has 0 radical (unpaired) electrons. The number of pyridine rings is 2. The van der Waals surface area contributed by atoms with E-state index in [1.165, 1.54) is 12.0 Å². The van der Waals surface area contributed by atoms with Crippen molar-refractivity contribution < 1.29 is 0 Å². The summed E-state index contributed by atoms with van der Waals surface area (Å²) in [5.41, 5.74) is 3.89. The van der Waals surface area contributed by atoms with E-state index in [0.717, 1.165) is 53.8 Å². The predicted octanol–water partition coefficient (Wildman–Crippen LogP) is 2.69. The highest BCUT2D eigenvalue weighted by Gasteiger charge is 2.20. The van der Waals surface area contributed by atoms with Crippen LogP contribution in [0.3, 0.4) is 0 Å². The maximum absolute atomic E-state index is 12.5. The fraction of sp³-hybridized carbons (Fsp3) is 0.353. The smallest absolute Gasteiger partial charge is 0.253 e. The number of aromatic amines is 1. The van der Waals surface area contributed by atoms with Crippen LogP contribution in [0.2, 0.25) is 0 Å². The van der Waals surface area contributed by atoms with Crippen molar-refractivity contribution in [2.45, 2.75) is 39.0 Å². The Morgan fingerprint density at radius 2 is 1.95 bits per heavy atom. The fourth-order valence-electron chi connectivity index (χ4n) is 3.44. The molecule has 0 aliphatic heterocycles. The average Bonchev–Trinajstić information content (AvgIpc) is 2.73. The van der Waals surface area contributed by atoms with E-state index in [1.54, 1.807) is 10.9 Å². The van der Waals surface area contributed by atoms with Gasteiger partial charge in [-0.3, -0.25) is 4.79 Å². The minimum Gasteiger partial charge on any atom is -0.306 e. The van der Waals surface area contributed by atoms with E-state index >= 15 is 0 Å². The second kappa shape index (κ2) is 5.09. The van der Waals surface area contributed by atoms with Crippen molar-refractivity contribution in [1.82, 2.24) is 19.7 Å². The van der Waals surface area contributed by atoms with Crippen LogP contribution < -0.4 is 5.56 Å². The van der Waals surface area contributed by atoms with E-state index in [0.29, 0.717) is 0 Å². The Labute approximate surface area is 128 Å². The molecule has 0 aromatic carbocycles. The minimum atomic E-state index is 0.0291. The number of aromatic nitrogens is 4. The minimum absolute atomic E-state index is 0.0291. The summed E-state index contributed by atoms with van der Waals surface area (Å²) in [7, 11) is 0. The molecule has 3 heterocycles. The predicted molar refractivity (Wildman–Crippen MR) is 85.5 cm³/mol. The van der Waals surface area contributed by atoms with Crippen molar-refractivity contribution in [3.63, 3.8) is 0 Å². The van der Waals surface area contributed by atoms with Gasteiger partial charge in [0.05, 0.1) is 5.69 Å². The van der Waals surface area contributed by atoms with Crippen LogP contribution in [0.1, 0.15) is 36.1 Å². The first-order valence-corrected chi connectivity index (χ1v) is 7.80. The zero-order valence-electron chi connectivity index (χ0n) is 12.6. The molecule has 1 aliphatic carbocycles. The molecule has 0 spiro atoms. The van der Waals surface area contributed by atoms with Crippen molar-refractivity contribution >= 4 is 11.0 Å². The van der Waals surface area contributed by atoms with Gasteiger partial charge in [-0.25, -0.2) is 4.98 Å². The van der Waals surface area contributed by atoms with Gasteiger partial charge >= 0.3 is 0 Å². The summed E-state index contributed by atoms with van der Waals surface area (Å²) in [5.74, 6) is 0.727. The van der Waals surface area contributed by atoms with Crippen LogP contribution in [0.5, 0.6) is 0 Å². The molecule has 0 bridgehead atoms. The molecule has 3 aromatic heterocycles. The SMILES string of the molecule is Cc1nn(-c2ccccn2)c2[nH]c(=O)c3c(c12)CCCCC3. The van der Waals surface area contributed by atoms with Crippen molar-refractivity contribution in [1.29, 1.82) is 0 Å². The van der Waals surface area contributed by atoms with Crippen molar-refractivity contribution in [3.8, 4) is 5.82 Å². The van der Waals surface area contributed by atoms with Crippen LogP contribution in [0.25, 0.3) is 16.9 Å². The van der Waals surface area contributed by atoms with E-state index in [-0.39, 0.29) is 5.56 Å². The summed E-state index contributed by atoms with van der Waals surface area (Å²) in [6.45, 7) is 2.01. The molecular formula is C17H18N4O. The number of nitrogens with one attached hydrogen (secondary N) is 1. The van der Waals surface area contributed by atoms with Gasteiger partial charge in [-0.05, 0) is 50.3 Å². The summed E-state index contributed by atoms with van der Waals surface area (Å²) in [6.07, 6.45) is 6.98. The van der Waals surface area contributed by atoms with Crippen LogP contribution in [-0.4, -0.2) is 19.7 Å². The van der Waals surface area contributed by atoms with Gasteiger partial charge in [0.25, 0.3) is 5.56 Å². The second-order valence-electron chi connectivity index (χ2n) is 5.88. The number of hydrogen-bond acceptors (Lipinski definition) is 3. The highest BCUT2D eigenvalue weighted by Crippen LogP contribution is 2.28. The monoisotopic (exact) mass is 294 g/mol. The number of rotatable bonds is 1. The van der Waals surface area contributed by atoms with Crippen molar-refractivity contribution in [3.05, 3.63) is 51.6 Å². The lowest BCUT2D eigenvalue weighted by molar-refractivity contribution is 0.711. The number of nitrogens with zero attached hydrogens (tertiary/aromatic N) is 3. The summed E-state index contributed by atoms with van der Waals surface area (Å²) >= 11 is 0. The fourth-order valence-corrected chi connectivity index (χ4v) is 3.44. The lowest BCUT2D eigenvalue weighted by Crippen LogP contribution is -2.16. The zero-order chi connectivity index (χ0) is 15.1. The third-order valence-corrected chi connectivity index (χ3v) is 4.45. The van der Waals surface area contributed by atoms with E-state index in [1.807, 2.05) is 25.1 Å². The van der Waals surface area contributed by atoms with Crippen molar-refractivity contribution in [2.24, 2.45) is 0 Å². The Morgan fingerprint density at radius 3 is 2.73 bits per heavy atom. The number of hydrogen-bond donors (Lipinski definition) is 1. The Morgan fingerprint density at radius 1 is 1.14 bits per heavy atom. The van der Waals surface area contributed by atoms with Crippen LogP contribution >= 0.6 is 0 Å². The molecule has 4 rings (SSSR count). The summed E-state index contributed by atoms with van der Waals surface area (Å²) < 4.78 is 1.75. The van der Waals surface area contributed by atoms with Gasteiger partial charge in [0, 0.05) is 17.1 Å². The summed E-state index contributed by atoms with van der Waals surface area (Å²) in [5, 5.41) is 5.72. The lowest BCUT2D eigenvalue weighted by atomic mass is 10.0. The Kier molecular flexibility index (Phi) is 3.06. The topological polar surface area (TPSA) is 63.6 Å². The van der Waals surface area contributed by atoms with Gasteiger partial charge in [0.15, 0.2) is 5.82 Å². The molecule has 0 unspecified atom stereocenters. The van der Waals surface area contributed by atoms with Gasteiger partial charge in [-0.15, -0.1) is 0 Å². The maximum atomic E-state index is 12.5. The van der Waals surface area contributed by atoms with Gasteiger partial charge in [0.1, 0.15) is 5.65 Å². The summed E-state index contributed by atoms with van der Waals surface area (Å²) in [6, 6.07) is 5.69. The molecule has 1 N–H and O–H groups in total. The molecule has 0 atom stereocenters. The molecule has 0 amide bonds. The second-order valence-corrected chi connectivity index (χ2v) is 5.88. The number of fused-ring (bicyclic) bond motifs is 3. The summed E-state index contributed by atoms with van der Waals surface area (Å²) in [4.78, 5) is 19.9. The van der Waals surface area contributed by atoms with Crippen molar-refractivity contribution in [2.75, 3.05) is 0 Å². The Hall–Kier alpha value is -2.43. The molecule has 0 saturated heterocycles. The first-order valence-electron chi connectivity index (χ1n) is 7.80. The Bertz CT molecular complexity index is 892. The highest BCUT2D eigenvalue weighted by molar-refractivity contribution is 5.84. The quantitative estimate of drug-likeness (QED) is 0.702. The number of H-pyrrole nitrogens is 1. The van der Waals surface area contributed by atoms with Gasteiger partial charge < -0.3 is 4.98 Å². The molecule has 22 heavy (non-hydrogen) atoms. The van der Waals surface area contributed by atoms with E-state index in [2.05, 4.69) is 15.1 Å².